The van der Waals surface area contributed by atoms with Crippen molar-refractivity contribution < 1.29 is 19.4 Å². The number of carbonyl (C=O) groups is 2. The number of thiazole rings is 1. The van der Waals surface area contributed by atoms with Crippen LogP contribution in [0.5, 0.6) is 5.75 Å². The van der Waals surface area contributed by atoms with Crippen LogP contribution in [0.2, 0.25) is 0 Å². The highest BCUT2D eigenvalue weighted by molar-refractivity contribution is 7.22. The topological polar surface area (TPSA) is 79.7 Å². The number of carbonyl (C=O) groups excluding carboxylic acids is 2. The third-order valence-corrected chi connectivity index (χ3v) is 7.21. The van der Waals surface area contributed by atoms with E-state index < -0.39 is 17.7 Å². The van der Waals surface area contributed by atoms with Gasteiger partial charge in [-0.2, -0.15) is 0 Å². The Morgan fingerprint density at radius 1 is 1.00 bits per heavy atom. The van der Waals surface area contributed by atoms with Crippen molar-refractivity contribution >= 4 is 44.1 Å². The molecule has 1 aliphatic rings. The van der Waals surface area contributed by atoms with Crippen molar-refractivity contribution in [2.45, 2.75) is 26.8 Å². The molecule has 1 amide bonds. The number of aryl methyl sites for hydroxylation is 3. The number of aromatic nitrogens is 1. The van der Waals surface area contributed by atoms with E-state index in [1.807, 2.05) is 57.2 Å². The van der Waals surface area contributed by atoms with Crippen LogP contribution in [0.25, 0.3) is 16.0 Å². The molecule has 0 radical (unpaired) electrons. The minimum absolute atomic E-state index is 0.0271. The number of amides is 1. The second kappa shape index (κ2) is 8.67. The zero-order valence-corrected chi connectivity index (χ0v) is 20.6. The monoisotopic (exact) mass is 484 g/mol. The highest BCUT2D eigenvalue weighted by atomic mass is 32.1. The van der Waals surface area contributed by atoms with Crippen LogP contribution in [0.15, 0.2) is 66.2 Å². The second-order valence-electron chi connectivity index (χ2n) is 8.74. The summed E-state index contributed by atoms with van der Waals surface area (Å²) in [7, 11) is 1.53. The fourth-order valence-corrected chi connectivity index (χ4v) is 5.65. The maximum Gasteiger partial charge on any atom is 0.301 e. The molecule has 3 aromatic carbocycles. The molecule has 176 valence electrons. The van der Waals surface area contributed by atoms with Crippen molar-refractivity contribution in [2.24, 2.45) is 0 Å². The van der Waals surface area contributed by atoms with E-state index in [9.17, 15) is 14.7 Å². The number of ether oxygens (including phenoxy) is 1. The van der Waals surface area contributed by atoms with Gasteiger partial charge in [0, 0.05) is 5.56 Å². The van der Waals surface area contributed by atoms with Crippen molar-refractivity contribution in [3.8, 4) is 5.75 Å². The van der Waals surface area contributed by atoms with E-state index in [0.717, 1.165) is 26.9 Å². The Kier molecular flexibility index (Phi) is 5.65. The molecule has 7 heteroatoms. The van der Waals surface area contributed by atoms with Crippen LogP contribution >= 0.6 is 11.3 Å². The van der Waals surface area contributed by atoms with E-state index in [1.165, 1.54) is 23.3 Å². The molecule has 5 rings (SSSR count). The molecule has 6 nitrogen and oxygen atoms in total. The Labute approximate surface area is 207 Å². The summed E-state index contributed by atoms with van der Waals surface area (Å²) in [6.45, 7) is 5.96. The van der Waals surface area contributed by atoms with Gasteiger partial charge in [0.1, 0.15) is 11.5 Å². The van der Waals surface area contributed by atoms with E-state index in [0.29, 0.717) is 22.0 Å². The number of ketones is 1. The molecule has 1 aliphatic heterocycles. The summed E-state index contributed by atoms with van der Waals surface area (Å²) in [5.41, 5.74) is 5.08. The van der Waals surface area contributed by atoms with E-state index in [1.54, 1.807) is 24.3 Å². The van der Waals surface area contributed by atoms with Crippen LogP contribution < -0.4 is 9.64 Å². The van der Waals surface area contributed by atoms with Gasteiger partial charge < -0.3 is 9.84 Å². The number of hydrogen-bond acceptors (Lipinski definition) is 6. The second-order valence-corrected chi connectivity index (χ2v) is 9.75. The average molecular weight is 485 g/mol. The number of aliphatic hydroxyl groups is 1. The van der Waals surface area contributed by atoms with E-state index >= 15 is 0 Å². The molecule has 0 unspecified atom stereocenters. The Balaban J connectivity index is 1.74. The summed E-state index contributed by atoms with van der Waals surface area (Å²) in [4.78, 5) is 33.0. The number of nitrogens with zero attached hydrogens (tertiary/aromatic N) is 2. The third kappa shape index (κ3) is 3.88. The standard InChI is InChI=1S/C28H24N2O4S/c1-15-8-10-18(11-9-15)24-22(25(31)19-6-5-7-20(14-19)34-4)26(32)27(33)30(24)28-29-23-17(3)12-16(2)13-21(23)35-28/h5-14,24,31H,1-4H3/t24-/m0/s1. The van der Waals surface area contributed by atoms with Crippen molar-refractivity contribution in [1.29, 1.82) is 0 Å². The zero-order valence-electron chi connectivity index (χ0n) is 19.8. The normalized spacial score (nSPS) is 17.4. The highest BCUT2D eigenvalue weighted by Crippen LogP contribution is 2.44. The van der Waals surface area contributed by atoms with Gasteiger partial charge in [0.25, 0.3) is 5.78 Å². The lowest BCUT2D eigenvalue weighted by molar-refractivity contribution is -0.132. The number of methoxy groups -OCH3 is 1. The summed E-state index contributed by atoms with van der Waals surface area (Å²) in [5, 5.41) is 11.7. The van der Waals surface area contributed by atoms with Gasteiger partial charge in [-0.15, -0.1) is 0 Å². The van der Waals surface area contributed by atoms with Gasteiger partial charge in [-0.1, -0.05) is 59.4 Å². The average Bonchev–Trinajstić information content (AvgIpc) is 3.38. The summed E-state index contributed by atoms with van der Waals surface area (Å²) < 4.78 is 6.22. The Hall–Kier alpha value is -3.97. The first kappa shape index (κ1) is 22.8. The molecule has 0 saturated carbocycles. The number of Topliss-reactive ketones (excluding diaryl/α,β-unsaturated/α-hetero) is 1. The molecule has 2 heterocycles. The molecule has 1 atom stereocenters. The van der Waals surface area contributed by atoms with E-state index in [4.69, 9.17) is 9.72 Å². The van der Waals surface area contributed by atoms with Crippen molar-refractivity contribution in [1.82, 2.24) is 4.98 Å². The van der Waals surface area contributed by atoms with Gasteiger partial charge in [0.15, 0.2) is 5.13 Å². The molecular weight excluding hydrogens is 460 g/mol. The van der Waals surface area contributed by atoms with Gasteiger partial charge in [-0.25, -0.2) is 4.98 Å². The number of benzene rings is 3. The van der Waals surface area contributed by atoms with E-state index in [2.05, 4.69) is 0 Å². The van der Waals surface area contributed by atoms with Crippen LogP contribution in [0.4, 0.5) is 5.13 Å². The van der Waals surface area contributed by atoms with Crippen molar-refractivity contribution in [3.63, 3.8) is 0 Å². The highest BCUT2D eigenvalue weighted by Gasteiger charge is 2.48. The fourth-order valence-electron chi connectivity index (χ4n) is 4.48. The molecule has 0 bridgehead atoms. The number of fused-ring (bicyclic) bond motifs is 1. The summed E-state index contributed by atoms with van der Waals surface area (Å²) in [5.74, 6) is -1.17. The number of aliphatic hydroxyl groups excluding tert-OH is 1. The predicted molar refractivity (Wildman–Crippen MR) is 138 cm³/mol. The van der Waals surface area contributed by atoms with Gasteiger partial charge in [-0.05, 0) is 55.7 Å². The van der Waals surface area contributed by atoms with Gasteiger partial charge >= 0.3 is 5.91 Å². The molecule has 35 heavy (non-hydrogen) atoms. The Morgan fingerprint density at radius 2 is 1.74 bits per heavy atom. The van der Waals surface area contributed by atoms with Crippen LogP contribution in [-0.4, -0.2) is 28.9 Å². The molecule has 1 saturated heterocycles. The smallest absolute Gasteiger partial charge is 0.301 e. The lowest BCUT2D eigenvalue weighted by Crippen LogP contribution is -2.29. The largest absolute Gasteiger partial charge is 0.507 e. The first-order chi connectivity index (χ1) is 16.8. The van der Waals surface area contributed by atoms with Crippen LogP contribution in [-0.2, 0) is 9.59 Å². The summed E-state index contributed by atoms with van der Waals surface area (Å²) >= 11 is 1.36. The number of hydrogen-bond donors (Lipinski definition) is 1. The fraction of sp³-hybridized carbons (Fsp3) is 0.179. The van der Waals surface area contributed by atoms with Gasteiger partial charge in [-0.3, -0.25) is 14.5 Å². The maximum atomic E-state index is 13.4. The first-order valence-corrected chi connectivity index (χ1v) is 12.0. The lowest BCUT2D eigenvalue weighted by atomic mass is 9.95. The van der Waals surface area contributed by atoms with Gasteiger partial charge in [0.2, 0.25) is 0 Å². The van der Waals surface area contributed by atoms with E-state index in [-0.39, 0.29) is 11.3 Å². The molecule has 4 aromatic rings. The quantitative estimate of drug-likeness (QED) is 0.223. The van der Waals surface area contributed by atoms with Gasteiger partial charge in [0.05, 0.1) is 28.9 Å². The number of anilines is 1. The Morgan fingerprint density at radius 3 is 2.46 bits per heavy atom. The summed E-state index contributed by atoms with van der Waals surface area (Å²) in [6.07, 6.45) is 0. The van der Waals surface area contributed by atoms with Crippen LogP contribution in [0.3, 0.4) is 0 Å². The zero-order chi connectivity index (χ0) is 24.9. The maximum absolute atomic E-state index is 13.4. The molecule has 1 fully saturated rings. The summed E-state index contributed by atoms with van der Waals surface area (Å²) in [6, 6.07) is 17.6. The first-order valence-electron chi connectivity index (χ1n) is 11.2. The Bertz CT molecular complexity index is 1520. The molecule has 0 aliphatic carbocycles. The van der Waals surface area contributed by atoms with Crippen LogP contribution in [0.1, 0.15) is 33.9 Å². The predicted octanol–water partition coefficient (Wildman–Crippen LogP) is 5.86. The SMILES string of the molecule is COc1cccc(C(O)=C2C(=O)C(=O)N(c3nc4c(C)cc(C)cc4s3)[C@H]2c2ccc(C)cc2)c1. The minimum atomic E-state index is -0.816. The van der Waals surface area contributed by atoms with Crippen molar-refractivity contribution in [3.05, 3.63) is 94.1 Å². The lowest BCUT2D eigenvalue weighted by Gasteiger charge is -2.23. The molecule has 1 aromatic heterocycles. The molecule has 1 N–H and O–H groups in total. The molecular formula is C28H24N2O4S. The van der Waals surface area contributed by atoms with Crippen molar-refractivity contribution in [2.75, 3.05) is 12.0 Å². The molecule has 0 spiro atoms. The number of rotatable bonds is 4. The van der Waals surface area contributed by atoms with Crippen LogP contribution in [0, 0.1) is 20.8 Å². The third-order valence-electron chi connectivity index (χ3n) is 6.21. The minimum Gasteiger partial charge on any atom is -0.507 e.